The first-order valence-electron chi connectivity index (χ1n) is 7.85. The van der Waals surface area contributed by atoms with E-state index >= 15 is 0 Å². The van der Waals surface area contributed by atoms with Crippen LogP contribution in [-0.4, -0.2) is 20.6 Å². The second-order valence-electron chi connectivity index (χ2n) is 5.65. The maximum Gasteiger partial charge on any atom is 0.452 e. The first-order valence-corrected chi connectivity index (χ1v) is 10.1. The van der Waals surface area contributed by atoms with E-state index in [1.165, 1.54) is 23.5 Å². The minimum Gasteiger partial charge on any atom is -0.351 e. The maximum atomic E-state index is 12.9. The monoisotopic (exact) mass is 416 g/mol. The third-order valence-corrected chi connectivity index (χ3v) is 7.30. The minimum atomic E-state index is -4.65. The molecular formula is C17H15F3N2O3S2. The van der Waals surface area contributed by atoms with Gasteiger partial charge in [-0.05, 0) is 30.2 Å². The number of hydrogen-bond acceptors (Lipinski definition) is 5. The molecule has 0 saturated carbocycles. The van der Waals surface area contributed by atoms with Crippen molar-refractivity contribution in [3.8, 4) is 10.6 Å². The summed E-state index contributed by atoms with van der Waals surface area (Å²) in [7, 11) is -2.42. The number of benzene rings is 1. The van der Waals surface area contributed by atoms with Gasteiger partial charge in [-0.1, -0.05) is 30.3 Å². The first-order chi connectivity index (χ1) is 12.6. The third kappa shape index (κ3) is 3.72. The zero-order valence-corrected chi connectivity index (χ0v) is 16.0. The molecule has 0 radical (unpaired) electrons. The number of anilines is 1. The number of sulfonamides is 1. The average Bonchev–Trinajstić information content (AvgIpc) is 3.29. The summed E-state index contributed by atoms with van der Waals surface area (Å²) < 4.78 is 69.2. The summed E-state index contributed by atoms with van der Waals surface area (Å²) >= 11 is 0.834. The fourth-order valence-electron chi connectivity index (χ4n) is 2.50. The summed E-state index contributed by atoms with van der Waals surface area (Å²) in [6.07, 6.45) is -3.99. The lowest BCUT2D eigenvalue weighted by Gasteiger charge is -2.21. The van der Waals surface area contributed by atoms with Crippen LogP contribution in [0.3, 0.4) is 0 Å². The van der Waals surface area contributed by atoms with Gasteiger partial charge >= 0.3 is 6.18 Å². The van der Waals surface area contributed by atoms with Crippen LogP contribution in [0.25, 0.3) is 10.6 Å². The highest BCUT2D eigenvalue weighted by molar-refractivity contribution is 7.94. The summed E-state index contributed by atoms with van der Waals surface area (Å²) in [5, 5.41) is 3.39. The molecule has 5 nitrogen and oxygen atoms in total. The maximum absolute atomic E-state index is 12.9. The number of rotatable bonds is 5. The predicted octanol–water partition coefficient (Wildman–Crippen LogP) is 4.81. The van der Waals surface area contributed by atoms with Gasteiger partial charge in [0.25, 0.3) is 10.0 Å². The molecular weight excluding hydrogens is 401 g/mol. The van der Waals surface area contributed by atoms with Crippen LogP contribution in [0.2, 0.25) is 0 Å². The molecule has 0 bridgehead atoms. The van der Waals surface area contributed by atoms with Gasteiger partial charge in [-0.3, -0.25) is 4.31 Å². The Morgan fingerprint density at radius 2 is 1.89 bits per heavy atom. The average molecular weight is 416 g/mol. The normalized spacial score (nSPS) is 12.3. The molecule has 1 aromatic carbocycles. The Hall–Kier alpha value is -2.33. The number of aryl methyl sites for hydroxylation is 1. The molecule has 27 heavy (non-hydrogen) atoms. The van der Waals surface area contributed by atoms with Gasteiger partial charge in [0.1, 0.15) is 9.90 Å². The number of alkyl halides is 3. The molecule has 0 atom stereocenters. The molecule has 3 aromatic rings. The largest absolute Gasteiger partial charge is 0.452 e. The van der Waals surface area contributed by atoms with Crippen LogP contribution in [-0.2, 0) is 22.6 Å². The van der Waals surface area contributed by atoms with E-state index in [2.05, 4.69) is 9.68 Å². The van der Waals surface area contributed by atoms with Gasteiger partial charge in [-0.15, -0.1) is 11.3 Å². The van der Waals surface area contributed by atoms with Crippen molar-refractivity contribution in [3.05, 3.63) is 53.8 Å². The topological polar surface area (TPSA) is 63.4 Å². The van der Waals surface area contributed by atoms with Gasteiger partial charge < -0.3 is 4.52 Å². The molecule has 144 valence electrons. The van der Waals surface area contributed by atoms with Crippen molar-refractivity contribution in [3.63, 3.8) is 0 Å². The fraction of sp³-hybridized carbons (Fsp3) is 0.235. The zero-order chi connectivity index (χ0) is 19.8. The molecule has 0 N–H and O–H groups in total. The van der Waals surface area contributed by atoms with E-state index in [1.54, 1.807) is 12.1 Å². The molecule has 0 unspecified atom stereocenters. The van der Waals surface area contributed by atoms with Crippen molar-refractivity contribution in [2.45, 2.75) is 23.7 Å². The quantitative estimate of drug-likeness (QED) is 0.599. The highest BCUT2D eigenvalue weighted by Gasteiger charge is 2.36. The van der Waals surface area contributed by atoms with Gasteiger partial charge in [-0.25, -0.2) is 8.42 Å². The van der Waals surface area contributed by atoms with Gasteiger partial charge in [0.15, 0.2) is 0 Å². The lowest BCUT2D eigenvalue weighted by atomic mass is 10.1. The van der Waals surface area contributed by atoms with Crippen molar-refractivity contribution < 1.29 is 26.1 Å². The molecule has 0 aliphatic heterocycles. The van der Waals surface area contributed by atoms with E-state index < -0.39 is 22.0 Å². The van der Waals surface area contributed by atoms with E-state index in [4.69, 9.17) is 0 Å². The summed E-state index contributed by atoms with van der Waals surface area (Å²) in [6, 6.07) is 10.6. The number of halogens is 3. The van der Waals surface area contributed by atoms with Crippen LogP contribution in [0.4, 0.5) is 18.9 Å². The highest BCUT2D eigenvalue weighted by Crippen LogP contribution is 2.36. The minimum absolute atomic E-state index is 0.00228. The highest BCUT2D eigenvalue weighted by atomic mass is 32.2. The molecule has 3 rings (SSSR count). The van der Waals surface area contributed by atoms with E-state index in [0.717, 1.165) is 23.0 Å². The van der Waals surface area contributed by atoms with E-state index in [1.807, 2.05) is 19.1 Å². The van der Waals surface area contributed by atoms with Crippen molar-refractivity contribution >= 4 is 27.0 Å². The van der Waals surface area contributed by atoms with Crippen LogP contribution < -0.4 is 4.31 Å². The number of nitrogens with zero attached hydrogens (tertiary/aromatic N) is 2. The number of thiophene rings is 1. The van der Waals surface area contributed by atoms with Gasteiger partial charge in [0.2, 0.25) is 5.76 Å². The second kappa shape index (κ2) is 7.01. The Labute approximate surface area is 158 Å². The molecule has 0 amide bonds. The first kappa shape index (κ1) is 19.4. The molecule has 10 heteroatoms. The Morgan fingerprint density at radius 3 is 2.52 bits per heavy atom. The SMILES string of the molecule is CCc1ccccc1N(C)S(=O)(=O)c1ccc(-c2cc(C(F)(F)F)on2)s1. The zero-order valence-electron chi connectivity index (χ0n) is 14.3. The summed E-state index contributed by atoms with van der Waals surface area (Å²) in [6.45, 7) is 1.92. The molecule has 0 spiro atoms. The van der Waals surface area contributed by atoms with Crippen molar-refractivity contribution in [1.29, 1.82) is 0 Å². The van der Waals surface area contributed by atoms with Crippen LogP contribution >= 0.6 is 11.3 Å². The van der Waals surface area contributed by atoms with E-state index in [9.17, 15) is 21.6 Å². The van der Waals surface area contributed by atoms with E-state index in [0.29, 0.717) is 12.1 Å². The predicted molar refractivity (Wildman–Crippen MR) is 96.2 cm³/mol. The number of para-hydroxylation sites is 1. The number of aromatic nitrogens is 1. The molecule has 0 aliphatic rings. The Balaban J connectivity index is 1.94. The fourth-order valence-corrected chi connectivity index (χ4v) is 5.17. The van der Waals surface area contributed by atoms with Gasteiger partial charge in [-0.2, -0.15) is 13.2 Å². The molecule has 0 aliphatic carbocycles. The van der Waals surface area contributed by atoms with Crippen LogP contribution in [0.15, 0.2) is 51.2 Å². The van der Waals surface area contributed by atoms with Gasteiger partial charge in [0, 0.05) is 13.1 Å². The Morgan fingerprint density at radius 1 is 1.19 bits per heavy atom. The lowest BCUT2D eigenvalue weighted by Crippen LogP contribution is -2.26. The van der Waals surface area contributed by atoms with E-state index in [-0.39, 0.29) is 14.8 Å². The van der Waals surface area contributed by atoms with Crippen molar-refractivity contribution in [2.24, 2.45) is 0 Å². The summed E-state index contributed by atoms with van der Waals surface area (Å²) in [5.41, 5.74) is 1.35. The van der Waals surface area contributed by atoms with Crippen LogP contribution in [0.1, 0.15) is 18.2 Å². The van der Waals surface area contributed by atoms with Crippen LogP contribution in [0.5, 0.6) is 0 Å². The summed E-state index contributed by atoms with van der Waals surface area (Å²) in [4.78, 5) is 0.269. The molecule has 2 heterocycles. The standard InChI is InChI=1S/C17H15F3N2O3S2/c1-3-11-6-4-5-7-13(11)22(2)27(23,24)16-9-8-14(26-16)12-10-15(25-21-12)17(18,19)20/h4-10H,3H2,1-2H3. The lowest BCUT2D eigenvalue weighted by molar-refractivity contribution is -0.155. The van der Waals surface area contributed by atoms with Crippen molar-refractivity contribution in [2.75, 3.05) is 11.4 Å². The second-order valence-corrected chi connectivity index (χ2v) is 8.93. The molecule has 0 saturated heterocycles. The molecule has 2 aromatic heterocycles. The number of hydrogen-bond donors (Lipinski definition) is 0. The Kier molecular flexibility index (Phi) is 5.04. The summed E-state index contributed by atoms with van der Waals surface area (Å²) in [5.74, 6) is -1.23. The Bertz CT molecular complexity index is 1060. The van der Waals surface area contributed by atoms with Gasteiger partial charge in [0.05, 0.1) is 10.6 Å². The smallest absolute Gasteiger partial charge is 0.351 e. The molecule has 0 fully saturated rings. The third-order valence-electron chi connectivity index (χ3n) is 3.95. The van der Waals surface area contributed by atoms with Crippen LogP contribution in [0, 0.1) is 0 Å². The van der Waals surface area contributed by atoms with Crippen molar-refractivity contribution in [1.82, 2.24) is 5.16 Å².